The fraction of sp³-hybridized carbons (Fsp3) is 0.385. The molecular weight excluding hydrogens is 233 g/mol. The van der Waals surface area contributed by atoms with Gasteiger partial charge in [0.2, 0.25) is 0 Å². The lowest BCUT2D eigenvalue weighted by Crippen LogP contribution is -2.38. The van der Waals surface area contributed by atoms with Crippen molar-refractivity contribution < 1.29 is 9.18 Å². The Labute approximate surface area is 105 Å². The Bertz CT molecular complexity index is 489. The van der Waals surface area contributed by atoms with Crippen LogP contribution < -0.4 is 5.32 Å². The van der Waals surface area contributed by atoms with Gasteiger partial charge in [0.25, 0.3) is 0 Å². The summed E-state index contributed by atoms with van der Waals surface area (Å²) in [6.07, 6.45) is 3.18. The predicted molar refractivity (Wildman–Crippen MR) is 65.6 cm³/mol. The lowest BCUT2D eigenvalue weighted by atomic mass is 10.1. The number of carbonyl (C=O) groups is 1. The summed E-state index contributed by atoms with van der Waals surface area (Å²) in [5, 5.41) is 11.4. The number of halogens is 1. The maximum absolute atomic E-state index is 13.1. The lowest BCUT2D eigenvalue weighted by molar-refractivity contribution is 0.200. The fourth-order valence-electron chi connectivity index (χ4n) is 1.99. The van der Waals surface area contributed by atoms with Crippen LogP contribution in [-0.4, -0.2) is 24.0 Å². The molecule has 0 aromatic heterocycles. The number of piperidine rings is 1. The molecule has 1 N–H and O–H groups in total. The number of nitriles is 1. The van der Waals surface area contributed by atoms with E-state index in [1.165, 1.54) is 18.2 Å². The van der Waals surface area contributed by atoms with E-state index in [9.17, 15) is 9.18 Å². The molecule has 0 spiro atoms. The Hall–Kier alpha value is -2.09. The molecule has 0 radical (unpaired) electrons. The molecule has 0 unspecified atom stereocenters. The molecule has 5 heteroatoms. The average molecular weight is 247 g/mol. The minimum Gasteiger partial charge on any atom is -0.325 e. The van der Waals surface area contributed by atoms with Gasteiger partial charge in [-0.15, -0.1) is 0 Å². The summed E-state index contributed by atoms with van der Waals surface area (Å²) >= 11 is 0. The number of hydrogen-bond donors (Lipinski definition) is 1. The van der Waals surface area contributed by atoms with Crippen LogP contribution in [0.1, 0.15) is 24.8 Å². The van der Waals surface area contributed by atoms with Crippen LogP contribution in [0.15, 0.2) is 18.2 Å². The number of nitrogens with zero attached hydrogens (tertiary/aromatic N) is 2. The maximum atomic E-state index is 13.1. The predicted octanol–water partition coefficient (Wildman–Crippen LogP) is 2.72. The fourth-order valence-corrected chi connectivity index (χ4v) is 1.99. The van der Waals surface area contributed by atoms with Gasteiger partial charge in [-0.1, -0.05) is 0 Å². The van der Waals surface area contributed by atoms with Crippen LogP contribution in [-0.2, 0) is 0 Å². The molecule has 0 bridgehead atoms. The summed E-state index contributed by atoms with van der Waals surface area (Å²) in [7, 11) is 0. The Morgan fingerprint density at radius 3 is 2.72 bits per heavy atom. The Kier molecular flexibility index (Phi) is 3.78. The van der Waals surface area contributed by atoms with E-state index in [0.29, 0.717) is 5.69 Å². The second kappa shape index (κ2) is 5.50. The minimum absolute atomic E-state index is 0.0635. The minimum atomic E-state index is -0.575. The second-order valence-electron chi connectivity index (χ2n) is 4.28. The number of nitrogens with one attached hydrogen (secondary N) is 1. The molecule has 0 atom stereocenters. The molecule has 0 aliphatic carbocycles. The number of hydrogen-bond acceptors (Lipinski definition) is 2. The van der Waals surface area contributed by atoms with Crippen LogP contribution in [0.5, 0.6) is 0 Å². The zero-order valence-electron chi connectivity index (χ0n) is 9.95. The third-order valence-electron chi connectivity index (χ3n) is 2.98. The highest BCUT2D eigenvalue weighted by Gasteiger charge is 2.16. The zero-order chi connectivity index (χ0) is 13.0. The van der Waals surface area contributed by atoms with Gasteiger partial charge < -0.3 is 10.2 Å². The number of anilines is 1. The highest BCUT2D eigenvalue weighted by Crippen LogP contribution is 2.16. The first-order valence-electron chi connectivity index (χ1n) is 5.96. The van der Waals surface area contributed by atoms with Crippen molar-refractivity contribution in [3.63, 3.8) is 0 Å². The maximum Gasteiger partial charge on any atom is 0.321 e. The highest BCUT2D eigenvalue weighted by molar-refractivity contribution is 5.89. The van der Waals surface area contributed by atoms with Gasteiger partial charge in [0.05, 0.1) is 5.56 Å². The Morgan fingerprint density at radius 2 is 2.06 bits per heavy atom. The van der Waals surface area contributed by atoms with Crippen molar-refractivity contribution in [2.75, 3.05) is 18.4 Å². The van der Waals surface area contributed by atoms with Crippen molar-refractivity contribution in [3.8, 4) is 6.07 Å². The SMILES string of the molecule is N#Cc1cc(NC(=O)N2CCCCC2)ccc1F. The molecular formula is C13H14FN3O. The smallest absolute Gasteiger partial charge is 0.321 e. The topological polar surface area (TPSA) is 56.1 Å². The monoisotopic (exact) mass is 247 g/mol. The molecule has 1 aliphatic rings. The molecule has 4 nitrogen and oxygen atoms in total. The molecule has 1 aromatic rings. The van der Waals surface area contributed by atoms with Crippen LogP contribution in [0.3, 0.4) is 0 Å². The summed E-state index contributed by atoms with van der Waals surface area (Å²) in [6, 6.07) is 5.54. The van der Waals surface area contributed by atoms with Gasteiger partial charge in [0, 0.05) is 18.8 Å². The van der Waals surface area contributed by atoms with Crippen molar-refractivity contribution in [3.05, 3.63) is 29.6 Å². The number of urea groups is 1. The third-order valence-corrected chi connectivity index (χ3v) is 2.98. The Morgan fingerprint density at radius 1 is 1.33 bits per heavy atom. The largest absolute Gasteiger partial charge is 0.325 e. The van der Waals surface area contributed by atoms with Crippen LogP contribution in [0.25, 0.3) is 0 Å². The normalized spacial score (nSPS) is 15.0. The van der Waals surface area contributed by atoms with Gasteiger partial charge in [-0.25, -0.2) is 9.18 Å². The first-order chi connectivity index (χ1) is 8.70. The van der Waals surface area contributed by atoms with Crippen molar-refractivity contribution in [2.45, 2.75) is 19.3 Å². The third kappa shape index (κ3) is 2.77. The first-order valence-corrected chi connectivity index (χ1v) is 5.96. The van der Waals surface area contributed by atoms with Gasteiger partial charge in [-0.05, 0) is 37.5 Å². The summed E-state index contributed by atoms with van der Waals surface area (Å²) < 4.78 is 13.1. The van der Waals surface area contributed by atoms with Gasteiger partial charge in [0.1, 0.15) is 11.9 Å². The van der Waals surface area contributed by atoms with Crippen LogP contribution in [0.2, 0.25) is 0 Å². The van der Waals surface area contributed by atoms with E-state index in [-0.39, 0.29) is 11.6 Å². The number of rotatable bonds is 1. The molecule has 2 amide bonds. The van der Waals surface area contributed by atoms with Crippen LogP contribution in [0, 0.1) is 17.1 Å². The molecule has 2 rings (SSSR count). The summed E-state index contributed by atoms with van der Waals surface area (Å²) in [5.74, 6) is -0.575. The van der Waals surface area contributed by atoms with E-state index in [1.54, 1.807) is 11.0 Å². The van der Waals surface area contributed by atoms with Crippen molar-refractivity contribution in [1.29, 1.82) is 5.26 Å². The number of carbonyl (C=O) groups excluding carboxylic acids is 1. The molecule has 1 fully saturated rings. The summed E-state index contributed by atoms with van der Waals surface area (Å²) in [6.45, 7) is 1.50. The standard InChI is InChI=1S/C13H14FN3O/c14-12-5-4-11(8-10(12)9-15)16-13(18)17-6-2-1-3-7-17/h4-5,8H,1-3,6-7H2,(H,16,18). The number of likely N-dealkylation sites (tertiary alicyclic amines) is 1. The first kappa shape index (κ1) is 12.4. The molecule has 1 saturated heterocycles. The van der Waals surface area contributed by atoms with E-state index < -0.39 is 5.82 Å². The van der Waals surface area contributed by atoms with E-state index in [2.05, 4.69) is 5.32 Å². The van der Waals surface area contributed by atoms with Crippen molar-refractivity contribution in [1.82, 2.24) is 4.90 Å². The van der Waals surface area contributed by atoms with Crippen LogP contribution in [0.4, 0.5) is 14.9 Å². The number of benzene rings is 1. The van der Waals surface area contributed by atoms with Gasteiger partial charge >= 0.3 is 6.03 Å². The van der Waals surface area contributed by atoms with Gasteiger partial charge in [-0.3, -0.25) is 0 Å². The molecule has 18 heavy (non-hydrogen) atoms. The van der Waals surface area contributed by atoms with E-state index in [0.717, 1.165) is 32.4 Å². The lowest BCUT2D eigenvalue weighted by Gasteiger charge is -2.26. The number of amides is 2. The van der Waals surface area contributed by atoms with E-state index >= 15 is 0 Å². The van der Waals surface area contributed by atoms with Gasteiger partial charge in [0.15, 0.2) is 0 Å². The van der Waals surface area contributed by atoms with Crippen molar-refractivity contribution in [2.24, 2.45) is 0 Å². The quantitative estimate of drug-likeness (QED) is 0.829. The summed E-state index contributed by atoms with van der Waals surface area (Å²) in [5.41, 5.74) is 0.384. The average Bonchev–Trinajstić information content (AvgIpc) is 2.42. The molecule has 1 aliphatic heterocycles. The Balaban J connectivity index is 2.05. The highest BCUT2D eigenvalue weighted by atomic mass is 19.1. The van der Waals surface area contributed by atoms with Crippen LogP contribution >= 0.6 is 0 Å². The molecule has 1 heterocycles. The van der Waals surface area contributed by atoms with E-state index in [1.807, 2.05) is 0 Å². The summed E-state index contributed by atoms with van der Waals surface area (Å²) in [4.78, 5) is 13.6. The molecule has 0 saturated carbocycles. The van der Waals surface area contributed by atoms with E-state index in [4.69, 9.17) is 5.26 Å². The molecule has 94 valence electrons. The van der Waals surface area contributed by atoms with Gasteiger partial charge in [-0.2, -0.15) is 5.26 Å². The second-order valence-corrected chi connectivity index (χ2v) is 4.28. The zero-order valence-corrected chi connectivity index (χ0v) is 9.95. The van der Waals surface area contributed by atoms with Crippen molar-refractivity contribution >= 4 is 11.7 Å². The molecule has 1 aromatic carbocycles.